The molecule has 2 aromatic carbocycles. The molecule has 0 saturated heterocycles. The number of rotatable bonds is 16. The normalized spacial score (nSPS) is 18.1. The second-order valence-electron chi connectivity index (χ2n) is 10.5. The van der Waals surface area contributed by atoms with Gasteiger partial charge in [-0.05, 0) is 105 Å². The Morgan fingerprint density at radius 1 is 0.765 bits per heavy atom. The third-order valence-corrected chi connectivity index (χ3v) is 7.68. The summed E-state index contributed by atoms with van der Waals surface area (Å²) in [5, 5.41) is 0. The van der Waals surface area contributed by atoms with Crippen molar-refractivity contribution in [3.63, 3.8) is 0 Å². The van der Waals surface area contributed by atoms with Gasteiger partial charge in [0.15, 0.2) is 0 Å². The van der Waals surface area contributed by atoms with Gasteiger partial charge in [-0.1, -0.05) is 80.8 Å². The van der Waals surface area contributed by atoms with E-state index in [-0.39, 0.29) is 0 Å². The third kappa shape index (κ3) is 9.79. The number of allylic oxidation sites excluding steroid dienone is 1. The van der Waals surface area contributed by atoms with Gasteiger partial charge in [0.25, 0.3) is 0 Å². The van der Waals surface area contributed by atoms with E-state index in [1.165, 1.54) is 107 Å². The number of ether oxygens (including phenoxy) is 1. The van der Waals surface area contributed by atoms with Crippen molar-refractivity contribution >= 4 is 0 Å². The molecule has 186 valence electrons. The molecule has 0 bridgehead atoms. The SMILES string of the molecule is C=CCCCC1CCC(c2ccc(CCCCc3ccc(COCCCCC)cc3)cc2)CC1. The monoisotopic (exact) mass is 460 g/mol. The minimum Gasteiger partial charge on any atom is -0.377 e. The first kappa shape index (κ1) is 26.7. The summed E-state index contributed by atoms with van der Waals surface area (Å²) in [6.07, 6.45) is 20.1. The molecule has 1 aliphatic rings. The summed E-state index contributed by atoms with van der Waals surface area (Å²) in [6.45, 7) is 7.71. The van der Waals surface area contributed by atoms with Crippen LogP contribution < -0.4 is 0 Å². The Hall–Kier alpha value is -1.86. The van der Waals surface area contributed by atoms with Gasteiger partial charge in [0.2, 0.25) is 0 Å². The van der Waals surface area contributed by atoms with Gasteiger partial charge in [0.05, 0.1) is 6.61 Å². The maximum atomic E-state index is 5.78. The van der Waals surface area contributed by atoms with Gasteiger partial charge in [-0.15, -0.1) is 6.58 Å². The van der Waals surface area contributed by atoms with Gasteiger partial charge >= 0.3 is 0 Å². The molecule has 0 radical (unpaired) electrons. The summed E-state index contributed by atoms with van der Waals surface area (Å²) in [5.41, 5.74) is 5.81. The van der Waals surface area contributed by atoms with E-state index in [2.05, 4.69) is 68.1 Å². The van der Waals surface area contributed by atoms with E-state index in [9.17, 15) is 0 Å². The summed E-state index contributed by atoms with van der Waals surface area (Å²) in [6, 6.07) is 18.7. The third-order valence-electron chi connectivity index (χ3n) is 7.68. The Morgan fingerprint density at radius 2 is 1.38 bits per heavy atom. The Balaban J connectivity index is 1.29. The van der Waals surface area contributed by atoms with Crippen LogP contribution >= 0.6 is 0 Å². The second kappa shape index (κ2) is 15.9. The van der Waals surface area contributed by atoms with Crippen LogP contribution in [0.15, 0.2) is 61.2 Å². The van der Waals surface area contributed by atoms with Gasteiger partial charge in [0.1, 0.15) is 0 Å². The van der Waals surface area contributed by atoms with E-state index in [0.717, 1.165) is 25.0 Å². The molecule has 2 aromatic rings. The molecule has 0 spiro atoms. The molecule has 1 fully saturated rings. The Kier molecular flexibility index (Phi) is 12.5. The van der Waals surface area contributed by atoms with Crippen LogP contribution in [0.25, 0.3) is 0 Å². The molecule has 34 heavy (non-hydrogen) atoms. The van der Waals surface area contributed by atoms with E-state index < -0.39 is 0 Å². The van der Waals surface area contributed by atoms with E-state index in [1.807, 2.05) is 0 Å². The highest BCUT2D eigenvalue weighted by molar-refractivity contribution is 5.26. The Morgan fingerprint density at radius 3 is 2.00 bits per heavy atom. The average molecular weight is 461 g/mol. The average Bonchev–Trinajstić information content (AvgIpc) is 2.88. The molecular weight excluding hydrogens is 412 g/mol. The van der Waals surface area contributed by atoms with Crippen LogP contribution in [0.1, 0.15) is 112 Å². The van der Waals surface area contributed by atoms with Crippen molar-refractivity contribution < 1.29 is 4.74 Å². The molecule has 1 saturated carbocycles. The van der Waals surface area contributed by atoms with Crippen molar-refractivity contribution in [1.82, 2.24) is 0 Å². The standard InChI is InChI=1S/C33H48O/c1-3-5-7-11-29-18-22-32(23-19-29)33-24-20-30(21-25-33)13-9-8-12-28-14-16-31(17-15-28)27-34-26-10-6-4-2/h3,14-17,20-21,24-25,29,32H,1,4-13,18-19,22-23,26-27H2,2H3. The molecule has 0 atom stereocenters. The Labute approximate surface area is 210 Å². The molecule has 0 heterocycles. The largest absolute Gasteiger partial charge is 0.377 e. The summed E-state index contributed by atoms with van der Waals surface area (Å²) in [7, 11) is 0. The van der Waals surface area contributed by atoms with E-state index >= 15 is 0 Å². The molecule has 3 rings (SSSR count). The quantitative estimate of drug-likeness (QED) is 0.179. The van der Waals surface area contributed by atoms with Gasteiger partial charge in [-0.2, -0.15) is 0 Å². The van der Waals surface area contributed by atoms with Gasteiger partial charge in [0, 0.05) is 6.61 Å². The summed E-state index contributed by atoms with van der Waals surface area (Å²) < 4.78 is 5.78. The van der Waals surface area contributed by atoms with Crippen molar-refractivity contribution in [2.75, 3.05) is 6.61 Å². The molecule has 1 aliphatic carbocycles. The van der Waals surface area contributed by atoms with Crippen LogP contribution in [-0.2, 0) is 24.2 Å². The number of aryl methyl sites for hydroxylation is 2. The van der Waals surface area contributed by atoms with Gasteiger partial charge in [-0.25, -0.2) is 0 Å². The van der Waals surface area contributed by atoms with Crippen molar-refractivity contribution in [3.05, 3.63) is 83.4 Å². The lowest BCUT2D eigenvalue weighted by Gasteiger charge is -2.29. The second-order valence-corrected chi connectivity index (χ2v) is 10.5. The molecule has 0 aliphatic heterocycles. The maximum Gasteiger partial charge on any atom is 0.0716 e. The minimum atomic E-state index is 0.747. The zero-order valence-electron chi connectivity index (χ0n) is 21.8. The summed E-state index contributed by atoms with van der Waals surface area (Å²) in [4.78, 5) is 0. The van der Waals surface area contributed by atoms with Crippen molar-refractivity contribution in [2.24, 2.45) is 5.92 Å². The predicted octanol–water partition coefficient (Wildman–Crippen LogP) is 9.59. The first-order chi connectivity index (χ1) is 16.8. The van der Waals surface area contributed by atoms with Crippen molar-refractivity contribution in [3.8, 4) is 0 Å². The van der Waals surface area contributed by atoms with E-state index in [0.29, 0.717) is 0 Å². The molecule has 1 heteroatoms. The number of hydrogen-bond acceptors (Lipinski definition) is 1. The zero-order valence-corrected chi connectivity index (χ0v) is 21.8. The molecule has 0 amide bonds. The topological polar surface area (TPSA) is 9.23 Å². The zero-order chi connectivity index (χ0) is 23.8. The fraction of sp³-hybridized carbons (Fsp3) is 0.576. The fourth-order valence-electron chi connectivity index (χ4n) is 5.40. The highest BCUT2D eigenvalue weighted by Gasteiger charge is 2.21. The number of benzene rings is 2. The molecule has 0 N–H and O–H groups in total. The lowest BCUT2D eigenvalue weighted by molar-refractivity contribution is 0.117. The van der Waals surface area contributed by atoms with E-state index in [4.69, 9.17) is 4.74 Å². The van der Waals surface area contributed by atoms with Crippen molar-refractivity contribution in [2.45, 2.75) is 109 Å². The van der Waals surface area contributed by atoms with Crippen LogP contribution in [0.4, 0.5) is 0 Å². The van der Waals surface area contributed by atoms with Crippen molar-refractivity contribution in [1.29, 1.82) is 0 Å². The number of hydrogen-bond donors (Lipinski definition) is 0. The minimum absolute atomic E-state index is 0.747. The molecular formula is C33H48O. The first-order valence-corrected chi connectivity index (χ1v) is 14.1. The van der Waals surface area contributed by atoms with Crippen LogP contribution in [0.2, 0.25) is 0 Å². The molecule has 1 nitrogen and oxygen atoms in total. The van der Waals surface area contributed by atoms with Gasteiger partial charge < -0.3 is 4.74 Å². The summed E-state index contributed by atoms with van der Waals surface area (Å²) in [5.74, 6) is 1.74. The predicted molar refractivity (Wildman–Crippen MR) is 147 cm³/mol. The smallest absolute Gasteiger partial charge is 0.0716 e. The molecule has 0 unspecified atom stereocenters. The first-order valence-electron chi connectivity index (χ1n) is 14.1. The highest BCUT2D eigenvalue weighted by atomic mass is 16.5. The Bertz CT molecular complexity index is 780. The van der Waals surface area contributed by atoms with Crippen LogP contribution in [-0.4, -0.2) is 6.61 Å². The fourth-order valence-corrected chi connectivity index (χ4v) is 5.40. The lowest BCUT2D eigenvalue weighted by Crippen LogP contribution is -2.13. The van der Waals surface area contributed by atoms with Crippen LogP contribution in [0.5, 0.6) is 0 Å². The number of unbranched alkanes of at least 4 members (excludes halogenated alkanes) is 4. The highest BCUT2D eigenvalue weighted by Crippen LogP contribution is 2.37. The summed E-state index contributed by atoms with van der Waals surface area (Å²) >= 11 is 0. The van der Waals surface area contributed by atoms with Gasteiger partial charge in [-0.3, -0.25) is 0 Å². The van der Waals surface area contributed by atoms with Crippen LogP contribution in [0.3, 0.4) is 0 Å². The lowest BCUT2D eigenvalue weighted by atomic mass is 9.77. The maximum absolute atomic E-state index is 5.78. The van der Waals surface area contributed by atoms with E-state index in [1.54, 1.807) is 5.56 Å². The molecule has 0 aromatic heterocycles. The van der Waals surface area contributed by atoms with Crippen LogP contribution in [0, 0.1) is 5.92 Å².